The highest BCUT2D eigenvalue weighted by Gasteiger charge is 2.33. The SMILES string of the molecule is Cc1c(CN)c[nH]c(=O)c1OC(F)(F)F. The van der Waals surface area contributed by atoms with Crippen molar-refractivity contribution in [3.05, 3.63) is 27.7 Å². The molecule has 0 aliphatic carbocycles. The summed E-state index contributed by atoms with van der Waals surface area (Å²) in [6.45, 7) is 1.37. The first-order valence-electron chi connectivity index (χ1n) is 4.02. The van der Waals surface area contributed by atoms with Crippen molar-refractivity contribution in [3.8, 4) is 5.75 Å². The lowest BCUT2D eigenvalue weighted by atomic mass is 10.1. The Morgan fingerprint density at radius 3 is 2.60 bits per heavy atom. The van der Waals surface area contributed by atoms with Crippen molar-refractivity contribution in [2.45, 2.75) is 19.8 Å². The Morgan fingerprint density at radius 2 is 2.13 bits per heavy atom. The first-order valence-corrected chi connectivity index (χ1v) is 4.02. The number of nitrogens with two attached hydrogens (primary N) is 1. The largest absolute Gasteiger partial charge is 0.573 e. The van der Waals surface area contributed by atoms with E-state index in [1.807, 2.05) is 0 Å². The molecule has 0 aliphatic heterocycles. The maximum absolute atomic E-state index is 11.9. The van der Waals surface area contributed by atoms with Crippen molar-refractivity contribution in [2.75, 3.05) is 0 Å². The van der Waals surface area contributed by atoms with Gasteiger partial charge in [-0.15, -0.1) is 13.2 Å². The molecule has 1 aromatic rings. The van der Waals surface area contributed by atoms with Crippen molar-refractivity contribution in [3.63, 3.8) is 0 Å². The Labute approximate surface area is 82.9 Å². The Kier molecular flexibility index (Phi) is 3.04. The predicted octanol–water partition coefficient (Wildman–Crippen LogP) is 1.04. The van der Waals surface area contributed by atoms with Gasteiger partial charge in [0.15, 0.2) is 5.75 Å². The van der Waals surface area contributed by atoms with Crippen LogP contribution in [0.15, 0.2) is 11.0 Å². The lowest BCUT2D eigenvalue weighted by molar-refractivity contribution is -0.275. The van der Waals surface area contributed by atoms with E-state index < -0.39 is 17.7 Å². The summed E-state index contributed by atoms with van der Waals surface area (Å²) >= 11 is 0. The number of ether oxygens (including phenoxy) is 1. The van der Waals surface area contributed by atoms with Gasteiger partial charge in [-0.2, -0.15) is 0 Å². The van der Waals surface area contributed by atoms with Gasteiger partial charge in [-0.1, -0.05) is 0 Å². The molecule has 1 aromatic heterocycles. The van der Waals surface area contributed by atoms with Crippen LogP contribution in [0.2, 0.25) is 0 Å². The fourth-order valence-electron chi connectivity index (χ4n) is 1.09. The summed E-state index contributed by atoms with van der Waals surface area (Å²) in [5.41, 5.74) is 4.84. The van der Waals surface area contributed by atoms with Crippen LogP contribution < -0.4 is 16.0 Å². The summed E-state index contributed by atoms with van der Waals surface area (Å²) in [4.78, 5) is 13.2. The second-order valence-electron chi connectivity index (χ2n) is 2.85. The molecule has 0 atom stereocenters. The van der Waals surface area contributed by atoms with E-state index in [4.69, 9.17) is 5.73 Å². The van der Waals surface area contributed by atoms with Crippen LogP contribution in [-0.2, 0) is 6.54 Å². The van der Waals surface area contributed by atoms with E-state index in [0.717, 1.165) is 0 Å². The van der Waals surface area contributed by atoms with Gasteiger partial charge in [0.2, 0.25) is 0 Å². The van der Waals surface area contributed by atoms with Crippen LogP contribution in [-0.4, -0.2) is 11.3 Å². The van der Waals surface area contributed by atoms with Gasteiger partial charge in [-0.25, -0.2) is 0 Å². The normalized spacial score (nSPS) is 11.5. The number of aromatic nitrogens is 1. The minimum Gasteiger partial charge on any atom is -0.400 e. The highest BCUT2D eigenvalue weighted by Crippen LogP contribution is 2.23. The third-order valence-electron chi connectivity index (χ3n) is 1.84. The number of aromatic amines is 1. The molecule has 0 saturated carbocycles. The number of nitrogens with one attached hydrogen (secondary N) is 1. The summed E-state index contributed by atoms with van der Waals surface area (Å²) in [6.07, 6.45) is -3.62. The van der Waals surface area contributed by atoms with E-state index in [-0.39, 0.29) is 12.1 Å². The molecule has 4 nitrogen and oxygen atoms in total. The molecule has 0 spiro atoms. The Hall–Kier alpha value is -1.50. The zero-order chi connectivity index (χ0) is 11.6. The Morgan fingerprint density at radius 1 is 1.53 bits per heavy atom. The molecule has 15 heavy (non-hydrogen) atoms. The van der Waals surface area contributed by atoms with E-state index in [1.54, 1.807) is 0 Å². The van der Waals surface area contributed by atoms with Gasteiger partial charge < -0.3 is 15.5 Å². The van der Waals surface area contributed by atoms with Crippen LogP contribution in [0.1, 0.15) is 11.1 Å². The lowest BCUT2D eigenvalue weighted by Crippen LogP contribution is -2.24. The van der Waals surface area contributed by atoms with Gasteiger partial charge in [0.1, 0.15) is 0 Å². The van der Waals surface area contributed by atoms with Crippen molar-refractivity contribution in [1.82, 2.24) is 4.98 Å². The second-order valence-corrected chi connectivity index (χ2v) is 2.85. The number of alkyl halides is 3. The molecule has 1 heterocycles. The maximum atomic E-state index is 11.9. The lowest BCUT2D eigenvalue weighted by Gasteiger charge is -2.12. The summed E-state index contributed by atoms with van der Waals surface area (Å²) in [5.74, 6) is -0.759. The highest BCUT2D eigenvalue weighted by molar-refractivity contribution is 5.35. The fraction of sp³-hybridized carbons (Fsp3) is 0.375. The zero-order valence-corrected chi connectivity index (χ0v) is 7.81. The number of rotatable bonds is 2. The number of hydrogen-bond acceptors (Lipinski definition) is 3. The summed E-state index contributed by atoms with van der Waals surface area (Å²) in [5, 5.41) is 0. The summed E-state index contributed by atoms with van der Waals surface area (Å²) in [6, 6.07) is 0. The Balaban J connectivity index is 3.22. The molecule has 0 aliphatic rings. The van der Waals surface area contributed by atoms with Gasteiger partial charge in [0.25, 0.3) is 5.56 Å². The standard InChI is InChI=1S/C8H9F3N2O2/c1-4-5(2-12)3-13-7(14)6(4)15-8(9,10)11/h3H,2,12H2,1H3,(H,13,14). The summed E-state index contributed by atoms with van der Waals surface area (Å²) in [7, 11) is 0. The molecule has 0 radical (unpaired) electrons. The minimum atomic E-state index is -4.88. The van der Waals surface area contributed by atoms with Gasteiger partial charge in [0.05, 0.1) is 0 Å². The van der Waals surface area contributed by atoms with E-state index in [0.29, 0.717) is 5.56 Å². The first-order chi connectivity index (χ1) is 6.85. The third-order valence-corrected chi connectivity index (χ3v) is 1.84. The highest BCUT2D eigenvalue weighted by atomic mass is 19.4. The molecule has 0 unspecified atom stereocenters. The van der Waals surface area contributed by atoms with Crippen molar-refractivity contribution < 1.29 is 17.9 Å². The third kappa shape index (κ3) is 2.72. The predicted molar refractivity (Wildman–Crippen MR) is 46.4 cm³/mol. The van der Waals surface area contributed by atoms with E-state index in [1.165, 1.54) is 13.1 Å². The monoisotopic (exact) mass is 222 g/mol. The second kappa shape index (κ2) is 3.93. The number of hydrogen-bond donors (Lipinski definition) is 2. The van der Waals surface area contributed by atoms with E-state index in [2.05, 4.69) is 9.72 Å². The minimum absolute atomic E-state index is 0.0246. The van der Waals surface area contributed by atoms with Gasteiger partial charge in [-0.3, -0.25) is 4.79 Å². The Bertz CT molecular complexity index is 411. The van der Waals surface area contributed by atoms with Crippen molar-refractivity contribution in [2.24, 2.45) is 5.73 Å². The molecule has 84 valence electrons. The average molecular weight is 222 g/mol. The molecule has 0 saturated heterocycles. The quantitative estimate of drug-likeness (QED) is 0.785. The van der Waals surface area contributed by atoms with E-state index in [9.17, 15) is 18.0 Å². The molecule has 0 bridgehead atoms. The van der Waals surface area contributed by atoms with Crippen LogP contribution in [0.5, 0.6) is 5.75 Å². The topological polar surface area (TPSA) is 68.1 Å². The molecule has 7 heteroatoms. The number of pyridine rings is 1. The van der Waals surface area contributed by atoms with Gasteiger partial charge >= 0.3 is 6.36 Å². The summed E-state index contributed by atoms with van der Waals surface area (Å²) < 4.78 is 39.4. The van der Waals surface area contributed by atoms with Crippen LogP contribution in [0.3, 0.4) is 0 Å². The van der Waals surface area contributed by atoms with Crippen LogP contribution >= 0.6 is 0 Å². The smallest absolute Gasteiger partial charge is 0.400 e. The van der Waals surface area contributed by atoms with Crippen LogP contribution in [0.4, 0.5) is 13.2 Å². The maximum Gasteiger partial charge on any atom is 0.573 e. The number of H-pyrrole nitrogens is 1. The molecular formula is C8H9F3N2O2. The molecule has 0 aromatic carbocycles. The van der Waals surface area contributed by atoms with Crippen LogP contribution in [0.25, 0.3) is 0 Å². The van der Waals surface area contributed by atoms with Gasteiger partial charge in [-0.05, 0) is 12.5 Å². The molecule has 0 fully saturated rings. The molecule has 1 rings (SSSR count). The van der Waals surface area contributed by atoms with E-state index >= 15 is 0 Å². The molecule has 3 N–H and O–H groups in total. The van der Waals surface area contributed by atoms with Crippen molar-refractivity contribution >= 4 is 0 Å². The van der Waals surface area contributed by atoms with Crippen molar-refractivity contribution in [1.29, 1.82) is 0 Å². The van der Waals surface area contributed by atoms with Gasteiger partial charge in [0, 0.05) is 18.3 Å². The molecule has 0 amide bonds. The average Bonchev–Trinajstić information content (AvgIpc) is 2.11. The number of halogens is 3. The van der Waals surface area contributed by atoms with Crippen LogP contribution in [0, 0.1) is 6.92 Å². The fourth-order valence-corrected chi connectivity index (χ4v) is 1.09. The zero-order valence-electron chi connectivity index (χ0n) is 7.81. The first kappa shape index (κ1) is 11.6. The molecular weight excluding hydrogens is 213 g/mol.